The van der Waals surface area contributed by atoms with Gasteiger partial charge in [-0.2, -0.15) is 0 Å². The van der Waals surface area contributed by atoms with Crippen LogP contribution in [0.15, 0.2) is 77.5 Å². The Morgan fingerprint density at radius 1 is 0.920 bits per heavy atom. The monoisotopic (exact) mass is 418 g/mol. The SMILES string of the molecule is Brc1ccc(OCc2ccccc2)c(CNCc2cccnc2)c1.Cl. The molecule has 0 unspecified atom stereocenters. The predicted molar refractivity (Wildman–Crippen MR) is 107 cm³/mol. The van der Waals surface area contributed by atoms with Crippen molar-refractivity contribution in [1.29, 1.82) is 0 Å². The molecule has 3 aromatic rings. The van der Waals surface area contributed by atoms with Crippen LogP contribution in [0.2, 0.25) is 0 Å². The van der Waals surface area contributed by atoms with Gasteiger partial charge in [0.05, 0.1) is 0 Å². The molecule has 0 atom stereocenters. The van der Waals surface area contributed by atoms with Gasteiger partial charge in [-0.1, -0.05) is 52.3 Å². The standard InChI is InChI=1S/C20H19BrN2O.ClH/c21-19-8-9-20(24-15-16-5-2-1-3-6-16)18(11-19)14-23-13-17-7-4-10-22-12-17;/h1-12,23H,13-15H2;1H. The molecule has 0 amide bonds. The average molecular weight is 420 g/mol. The van der Waals surface area contributed by atoms with Crippen molar-refractivity contribution in [2.24, 2.45) is 0 Å². The fraction of sp³-hybridized carbons (Fsp3) is 0.150. The molecule has 1 N–H and O–H groups in total. The van der Waals surface area contributed by atoms with Gasteiger partial charge in [-0.3, -0.25) is 4.98 Å². The van der Waals surface area contributed by atoms with E-state index in [-0.39, 0.29) is 12.4 Å². The van der Waals surface area contributed by atoms with Crippen LogP contribution in [-0.2, 0) is 19.7 Å². The summed E-state index contributed by atoms with van der Waals surface area (Å²) in [4.78, 5) is 4.13. The van der Waals surface area contributed by atoms with E-state index >= 15 is 0 Å². The second-order valence-electron chi connectivity index (χ2n) is 5.49. The average Bonchev–Trinajstić information content (AvgIpc) is 2.63. The molecule has 1 heterocycles. The van der Waals surface area contributed by atoms with Gasteiger partial charge in [0.15, 0.2) is 0 Å². The highest BCUT2D eigenvalue weighted by molar-refractivity contribution is 9.10. The Labute approximate surface area is 163 Å². The van der Waals surface area contributed by atoms with Gasteiger partial charge in [0.2, 0.25) is 0 Å². The summed E-state index contributed by atoms with van der Waals surface area (Å²) < 4.78 is 7.06. The number of nitrogens with zero attached hydrogens (tertiary/aromatic N) is 1. The largest absolute Gasteiger partial charge is 0.489 e. The summed E-state index contributed by atoms with van der Waals surface area (Å²) in [7, 11) is 0. The molecule has 5 heteroatoms. The van der Waals surface area contributed by atoms with Gasteiger partial charge in [0.1, 0.15) is 12.4 Å². The van der Waals surface area contributed by atoms with E-state index in [0.29, 0.717) is 6.61 Å². The van der Waals surface area contributed by atoms with E-state index in [1.54, 1.807) is 6.20 Å². The summed E-state index contributed by atoms with van der Waals surface area (Å²) in [6.45, 7) is 2.08. The number of ether oxygens (including phenoxy) is 1. The van der Waals surface area contributed by atoms with Crippen LogP contribution in [0.1, 0.15) is 16.7 Å². The minimum atomic E-state index is 0. The smallest absolute Gasteiger partial charge is 0.124 e. The first-order valence-electron chi connectivity index (χ1n) is 7.86. The summed E-state index contributed by atoms with van der Waals surface area (Å²) in [5.41, 5.74) is 3.46. The second kappa shape index (κ2) is 10.2. The van der Waals surface area contributed by atoms with Gasteiger partial charge in [-0.25, -0.2) is 0 Å². The zero-order chi connectivity index (χ0) is 16.6. The maximum atomic E-state index is 6.01. The van der Waals surface area contributed by atoms with Crippen molar-refractivity contribution in [2.45, 2.75) is 19.7 Å². The third kappa shape index (κ3) is 6.16. The summed E-state index contributed by atoms with van der Waals surface area (Å²) >= 11 is 3.54. The number of hydrogen-bond acceptors (Lipinski definition) is 3. The normalized spacial score (nSPS) is 10.1. The lowest BCUT2D eigenvalue weighted by Gasteiger charge is -2.13. The van der Waals surface area contributed by atoms with Gasteiger partial charge in [0, 0.05) is 35.5 Å². The van der Waals surface area contributed by atoms with Gasteiger partial charge in [-0.05, 0) is 35.4 Å². The number of aromatic nitrogens is 1. The van der Waals surface area contributed by atoms with Gasteiger partial charge in [0.25, 0.3) is 0 Å². The Hall–Kier alpha value is -1.88. The van der Waals surface area contributed by atoms with Crippen LogP contribution in [0.5, 0.6) is 5.75 Å². The van der Waals surface area contributed by atoms with Crippen LogP contribution in [-0.4, -0.2) is 4.98 Å². The molecule has 0 aliphatic heterocycles. The molecule has 0 aliphatic rings. The number of nitrogens with one attached hydrogen (secondary N) is 1. The molecule has 0 bridgehead atoms. The Morgan fingerprint density at radius 2 is 1.72 bits per heavy atom. The molecule has 0 fully saturated rings. The number of benzene rings is 2. The Morgan fingerprint density at radius 3 is 2.48 bits per heavy atom. The van der Waals surface area contributed by atoms with Gasteiger partial charge < -0.3 is 10.1 Å². The number of pyridine rings is 1. The third-order valence-electron chi connectivity index (χ3n) is 3.63. The summed E-state index contributed by atoms with van der Waals surface area (Å²) in [5, 5.41) is 3.44. The van der Waals surface area contributed by atoms with E-state index in [2.05, 4.69) is 50.5 Å². The van der Waals surface area contributed by atoms with Crippen molar-refractivity contribution in [3.63, 3.8) is 0 Å². The first kappa shape index (κ1) is 19.4. The van der Waals surface area contributed by atoms with Gasteiger partial charge >= 0.3 is 0 Å². The van der Waals surface area contributed by atoms with Crippen molar-refractivity contribution in [3.8, 4) is 5.75 Å². The van der Waals surface area contributed by atoms with E-state index in [1.807, 2.05) is 42.6 Å². The lowest BCUT2D eigenvalue weighted by Crippen LogP contribution is -2.13. The first-order chi connectivity index (χ1) is 11.8. The van der Waals surface area contributed by atoms with Crippen molar-refractivity contribution in [3.05, 3.63) is 94.2 Å². The van der Waals surface area contributed by atoms with Crippen molar-refractivity contribution >= 4 is 28.3 Å². The minimum absolute atomic E-state index is 0. The predicted octanol–water partition coefficient (Wildman–Crippen LogP) is 5.13. The van der Waals surface area contributed by atoms with Crippen LogP contribution in [0.4, 0.5) is 0 Å². The Kier molecular flexibility index (Phi) is 7.92. The molecule has 0 spiro atoms. The lowest BCUT2D eigenvalue weighted by molar-refractivity contribution is 0.302. The topological polar surface area (TPSA) is 34.1 Å². The molecular weight excluding hydrogens is 400 g/mol. The molecular formula is C20H20BrClN2O. The Bertz CT molecular complexity index is 769. The van der Waals surface area contributed by atoms with Crippen molar-refractivity contribution < 1.29 is 4.74 Å². The molecule has 1 aromatic heterocycles. The number of rotatable bonds is 7. The fourth-order valence-electron chi connectivity index (χ4n) is 2.41. The maximum Gasteiger partial charge on any atom is 0.124 e. The molecule has 3 rings (SSSR count). The first-order valence-corrected chi connectivity index (χ1v) is 8.65. The van der Waals surface area contributed by atoms with E-state index in [0.717, 1.165) is 34.4 Å². The zero-order valence-electron chi connectivity index (χ0n) is 13.7. The number of hydrogen-bond donors (Lipinski definition) is 1. The highest BCUT2D eigenvalue weighted by Crippen LogP contribution is 2.24. The molecule has 0 radical (unpaired) electrons. The lowest BCUT2D eigenvalue weighted by atomic mass is 10.2. The van der Waals surface area contributed by atoms with Crippen molar-refractivity contribution in [2.75, 3.05) is 0 Å². The van der Waals surface area contributed by atoms with Crippen LogP contribution < -0.4 is 10.1 Å². The van der Waals surface area contributed by atoms with Crippen molar-refractivity contribution in [1.82, 2.24) is 10.3 Å². The minimum Gasteiger partial charge on any atom is -0.489 e. The molecule has 2 aromatic carbocycles. The van der Waals surface area contributed by atoms with E-state index in [1.165, 1.54) is 5.56 Å². The highest BCUT2D eigenvalue weighted by Gasteiger charge is 2.05. The highest BCUT2D eigenvalue weighted by atomic mass is 79.9. The van der Waals surface area contributed by atoms with E-state index in [4.69, 9.17) is 4.74 Å². The van der Waals surface area contributed by atoms with Crippen LogP contribution in [0.25, 0.3) is 0 Å². The molecule has 130 valence electrons. The molecule has 25 heavy (non-hydrogen) atoms. The molecule has 0 saturated carbocycles. The molecule has 0 saturated heterocycles. The molecule has 3 nitrogen and oxygen atoms in total. The summed E-state index contributed by atoms with van der Waals surface area (Å²) in [6, 6.07) is 20.3. The van der Waals surface area contributed by atoms with E-state index in [9.17, 15) is 0 Å². The maximum absolute atomic E-state index is 6.01. The summed E-state index contributed by atoms with van der Waals surface area (Å²) in [5.74, 6) is 0.903. The molecule has 0 aliphatic carbocycles. The van der Waals surface area contributed by atoms with Crippen LogP contribution >= 0.6 is 28.3 Å². The third-order valence-corrected chi connectivity index (χ3v) is 4.12. The number of halogens is 2. The quantitative estimate of drug-likeness (QED) is 0.576. The summed E-state index contributed by atoms with van der Waals surface area (Å²) in [6.07, 6.45) is 3.66. The zero-order valence-corrected chi connectivity index (χ0v) is 16.1. The van der Waals surface area contributed by atoms with Crippen LogP contribution in [0.3, 0.4) is 0 Å². The van der Waals surface area contributed by atoms with Gasteiger partial charge in [-0.15, -0.1) is 12.4 Å². The Balaban J connectivity index is 0.00000225. The van der Waals surface area contributed by atoms with E-state index < -0.39 is 0 Å². The fourth-order valence-corrected chi connectivity index (χ4v) is 2.81. The van der Waals surface area contributed by atoms with Crippen LogP contribution in [0, 0.1) is 0 Å². The second-order valence-corrected chi connectivity index (χ2v) is 6.41.